The van der Waals surface area contributed by atoms with Crippen molar-refractivity contribution in [2.75, 3.05) is 30.0 Å². The number of anilines is 1. The predicted molar refractivity (Wildman–Crippen MR) is 90.7 cm³/mol. The number of nitrogens with zero attached hydrogens (tertiary/aromatic N) is 1. The van der Waals surface area contributed by atoms with Crippen LogP contribution in [-0.2, 0) is 19.3 Å². The Bertz CT molecular complexity index is 798. The number of ether oxygens (including phenoxy) is 1. The van der Waals surface area contributed by atoms with Crippen LogP contribution in [0.3, 0.4) is 0 Å². The number of likely N-dealkylation sites (N-methyl/N-ethyl adjacent to an activating group) is 1. The maximum Gasteiger partial charge on any atom is 0.415 e. The Kier molecular flexibility index (Phi) is 4.68. The molecule has 0 spiro atoms. The van der Waals surface area contributed by atoms with Gasteiger partial charge in [-0.15, -0.1) is 0 Å². The molecule has 0 radical (unpaired) electrons. The number of cyclic esters (lactones) is 1. The number of carbonyl (C=O) groups excluding carboxylic acids is 2. The average Bonchev–Trinajstić information content (AvgIpc) is 2.96. The fourth-order valence-electron chi connectivity index (χ4n) is 3.21. The molecule has 136 valence electrons. The van der Waals surface area contributed by atoms with Crippen molar-refractivity contribution in [2.45, 2.75) is 24.9 Å². The minimum Gasteiger partial charge on any atom is -0.434 e. The molecule has 2 saturated heterocycles. The van der Waals surface area contributed by atoms with Gasteiger partial charge in [0, 0.05) is 28.3 Å². The van der Waals surface area contributed by atoms with Crippen molar-refractivity contribution in [3.8, 4) is 0 Å². The number of benzene rings is 1. The molecule has 9 heteroatoms. The molecule has 2 heterocycles. The summed E-state index contributed by atoms with van der Waals surface area (Å²) in [5.74, 6) is -0.361. The third kappa shape index (κ3) is 3.60. The number of nitrogens with one attached hydrogen (secondary N) is 2. The Morgan fingerprint density at radius 1 is 1.40 bits per heavy atom. The standard InChI is InChI=1S/C16H20FN3O4S/c1-19-15(21)14-9-20(16(22)24-14)11-2-3-12(13(17)8-11)10-4-6-25(18,23)7-5-10/h2-3,8,10,14,18H,4-7,9H2,1H3,(H,19,21)/t10?,14-,25?/m1/s1. The summed E-state index contributed by atoms with van der Waals surface area (Å²) in [6.07, 6.45) is -0.567. The normalized spacial score (nSPS) is 29.4. The molecule has 0 bridgehead atoms. The lowest BCUT2D eigenvalue weighted by Gasteiger charge is -2.25. The minimum absolute atomic E-state index is 0.0294. The highest BCUT2D eigenvalue weighted by Crippen LogP contribution is 2.33. The van der Waals surface area contributed by atoms with Gasteiger partial charge in [-0.25, -0.2) is 13.4 Å². The van der Waals surface area contributed by atoms with Crippen molar-refractivity contribution in [2.24, 2.45) is 0 Å². The molecule has 25 heavy (non-hydrogen) atoms. The predicted octanol–water partition coefficient (Wildman–Crippen LogP) is 1.82. The molecule has 2 aliphatic rings. The van der Waals surface area contributed by atoms with Gasteiger partial charge in [0.25, 0.3) is 5.91 Å². The third-order valence-electron chi connectivity index (χ3n) is 4.68. The summed E-state index contributed by atoms with van der Waals surface area (Å²) in [4.78, 5) is 24.7. The van der Waals surface area contributed by atoms with Gasteiger partial charge in [0.1, 0.15) is 5.82 Å². The summed E-state index contributed by atoms with van der Waals surface area (Å²) >= 11 is 0. The Balaban J connectivity index is 1.76. The molecule has 0 unspecified atom stereocenters. The van der Waals surface area contributed by atoms with Gasteiger partial charge >= 0.3 is 6.09 Å². The van der Waals surface area contributed by atoms with Crippen LogP contribution < -0.4 is 10.2 Å². The van der Waals surface area contributed by atoms with Crippen LogP contribution >= 0.6 is 0 Å². The first-order valence-electron chi connectivity index (χ1n) is 8.04. The Hall–Kier alpha value is -2.16. The molecule has 2 N–H and O–H groups in total. The molecule has 0 saturated carbocycles. The third-order valence-corrected chi connectivity index (χ3v) is 6.47. The van der Waals surface area contributed by atoms with Crippen LogP contribution in [0, 0.1) is 10.6 Å². The van der Waals surface area contributed by atoms with Gasteiger partial charge in [0.05, 0.1) is 12.2 Å². The van der Waals surface area contributed by atoms with Crippen LogP contribution in [0.15, 0.2) is 18.2 Å². The molecule has 0 aromatic heterocycles. The smallest absolute Gasteiger partial charge is 0.415 e. The zero-order chi connectivity index (χ0) is 18.2. The Morgan fingerprint density at radius 3 is 2.68 bits per heavy atom. The average molecular weight is 369 g/mol. The van der Waals surface area contributed by atoms with E-state index in [-0.39, 0.29) is 24.0 Å². The summed E-state index contributed by atoms with van der Waals surface area (Å²) in [7, 11) is -1.06. The second kappa shape index (κ2) is 6.62. The van der Waals surface area contributed by atoms with Crippen LogP contribution in [0.4, 0.5) is 14.9 Å². The van der Waals surface area contributed by atoms with Crippen molar-refractivity contribution in [3.63, 3.8) is 0 Å². The van der Waals surface area contributed by atoms with E-state index < -0.39 is 33.7 Å². The van der Waals surface area contributed by atoms with Gasteiger partial charge in [0.2, 0.25) is 0 Å². The highest BCUT2D eigenvalue weighted by Gasteiger charge is 2.37. The maximum absolute atomic E-state index is 14.6. The summed E-state index contributed by atoms with van der Waals surface area (Å²) in [5, 5.41) is 2.41. The van der Waals surface area contributed by atoms with E-state index in [1.807, 2.05) is 0 Å². The van der Waals surface area contributed by atoms with Crippen molar-refractivity contribution in [1.82, 2.24) is 5.32 Å². The van der Waals surface area contributed by atoms with Gasteiger partial charge in [-0.1, -0.05) is 6.07 Å². The SMILES string of the molecule is CNC(=O)[C@H]1CN(c2ccc(C3CCS(=N)(=O)CC3)c(F)c2)C(=O)O1. The van der Waals surface area contributed by atoms with E-state index in [0.717, 1.165) is 0 Å². The molecule has 2 amide bonds. The largest absolute Gasteiger partial charge is 0.434 e. The van der Waals surface area contributed by atoms with Gasteiger partial charge in [-0.3, -0.25) is 14.5 Å². The molecule has 2 fully saturated rings. The molecule has 0 aliphatic carbocycles. The van der Waals surface area contributed by atoms with Gasteiger partial charge in [0.15, 0.2) is 6.10 Å². The molecule has 2 aliphatic heterocycles. The summed E-state index contributed by atoms with van der Waals surface area (Å²) in [5.41, 5.74) is 0.840. The number of hydrogen-bond donors (Lipinski definition) is 2. The van der Waals surface area contributed by atoms with Crippen LogP contribution in [-0.4, -0.2) is 47.4 Å². The zero-order valence-electron chi connectivity index (χ0n) is 13.8. The summed E-state index contributed by atoms with van der Waals surface area (Å²) in [6, 6.07) is 4.50. The lowest BCUT2D eigenvalue weighted by Crippen LogP contribution is -2.35. The van der Waals surface area contributed by atoms with Gasteiger partial charge in [-0.05, 0) is 36.5 Å². The van der Waals surface area contributed by atoms with E-state index >= 15 is 0 Å². The Labute approximate surface area is 145 Å². The fraction of sp³-hybridized carbons (Fsp3) is 0.500. The van der Waals surface area contributed by atoms with E-state index in [9.17, 15) is 18.2 Å². The van der Waals surface area contributed by atoms with E-state index in [1.54, 1.807) is 12.1 Å². The highest BCUT2D eigenvalue weighted by atomic mass is 32.2. The molecule has 1 aromatic carbocycles. The van der Waals surface area contributed by atoms with Crippen molar-refractivity contribution >= 4 is 27.4 Å². The number of carbonyl (C=O) groups is 2. The highest BCUT2D eigenvalue weighted by molar-refractivity contribution is 7.92. The molecule has 1 atom stereocenters. The number of amides is 2. The minimum atomic E-state index is -2.51. The first-order chi connectivity index (χ1) is 11.8. The lowest BCUT2D eigenvalue weighted by molar-refractivity contribution is -0.127. The molecule has 7 nitrogen and oxygen atoms in total. The van der Waals surface area contributed by atoms with Crippen LogP contribution in [0.5, 0.6) is 0 Å². The van der Waals surface area contributed by atoms with E-state index in [2.05, 4.69) is 5.32 Å². The van der Waals surface area contributed by atoms with Crippen LogP contribution in [0.2, 0.25) is 0 Å². The zero-order valence-corrected chi connectivity index (χ0v) is 14.6. The number of halogens is 1. The van der Waals surface area contributed by atoms with E-state index in [4.69, 9.17) is 9.52 Å². The first kappa shape index (κ1) is 17.7. The van der Waals surface area contributed by atoms with Crippen LogP contribution in [0.25, 0.3) is 0 Å². The quantitative estimate of drug-likeness (QED) is 0.849. The van der Waals surface area contributed by atoms with Crippen molar-refractivity contribution in [3.05, 3.63) is 29.6 Å². The monoisotopic (exact) mass is 369 g/mol. The molecule has 3 rings (SSSR count). The van der Waals surface area contributed by atoms with Gasteiger partial charge in [-0.2, -0.15) is 0 Å². The Morgan fingerprint density at radius 2 is 2.08 bits per heavy atom. The second-order valence-corrected chi connectivity index (χ2v) is 8.74. The number of rotatable bonds is 3. The van der Waals surface area contributed by atoms with E-state index in [0.29, 0.717) is 24.1 Å². The molecular formula is C16H20FN3O4S. The van der Waals surface area contributed by atoms with E-state index in [1.165, 1.54) is 18.0 Å². The van der Waals surface area contributed by atoms with Crippen LogP contribution in [0.1, 0.15) is 24.3 Å². The van der Waals surface area contributed by atoms with Crippen molar-refractivity contribution < 1.29 is 22.9 Å². The topological polar surface area (TPSA) is 99.6 Å². The summed E-state index contributed by atoms with van der Waals surface area (Å²) < 4.78 is 38.9. The van der Waals surface area contributed by atoms with Gasteiger partial charge < -0.3 is 10.1 Å². The fourth-order valence-corrected chi connectivity index (χ4v) is 4.74. The maximum atomic E-state index is 14.6. The lowest BCUT2D eigenvalue weighted by atomic mass is 9.93. The molecular weight excluding hydrogens is 349 g/mol. The van der Waals surface area contributed by atoms with Crippen molar-refractivity contribution in [1.29, 1.82) is 4.78 Å². The second-order valence-electron chi connectivity index (χ2n) is 6.30. The first-order valence-corrected chi connectivity index (χ1v) is 9.94. The summed E-state index contributed by atoms with van der Waals surface area (Å²) in [6.45, 7) is 0.0294. The number of hydrogen-bond acceptors (Lipinski definition) is 5. The molecule has 1 aromatic rings.